The van der Waals surface area contributed by atoms with Gasteiger partial charge in [-0.3, -0.25) is 9.69 Å². The van der Waals surface area contributed by atoms with Gasteiger partial charge in [-0.05, 0) is 113 Å². The summed E-state index contributed by atoms with van der Waals surface area (Å²) in [6.45, 7) is 11.6. The van der Waals surface area contributed by atoms with Crippen LogP contribution in [0.25, 0.3) is 0 Å². The largest absolute Gasteiger partial charge is 0.456 e. The summed E-state index contributed by atoms with van der Waals surface area (Å²) in [6.07, 6.45) is 16.4. The standard InChI is InChI=1S/C32H55N2O3/c1-22(35)37-30-28(34(4)17-9-6-10-18-34)20-26-24-12-11-23-19-29(36)27(33-15-7-5-8-16-33)21-32(23,3)25(24)13-14-31(26,30)2/h23-30,36H,5-21H2,1-4H3/q+1/t23-,24+,25-,26-,27-,28-,29-,30+,31-,32-/m0/s1. The van der Waals surface area contributed by atoms with Crippen molar-refractivity contribution in [1.29, 1.82) is 0 Å². The van der Waals surface area contributed by atoms with E-state index in [1.807, 2.05) is 0 Å². The SMILES string of the molecule is CC(=O)O[C@@H]1[C@@H]([N+]2(C)CCCCC2)C[C@H]2[C@@H]3CC[C@H]4C[C@H](O)[C@@H](N5CCCCC5)C[C@]4(C)[C@H]3CC[C@]12C. The quantitative estimate of drug-likeness (QED) is 0.404. The van der Waals surface area contributed by atoms with Gasteiger partial charge in [0.05, 0.1) is 26.2 Å². The minimum absolute atomic E-state index is 0.0684. The van der Waals surface area contributed by atoms with Gasteiger partial charge in [0.1, 0.15) is 6.04 Å². The van der Waals surface area contributed by atoms with Gasteiger partial charge in [0.2, 0.25) is 0 Å². The molecule has 0 aromatic carbocycles. The van der Waals surface area contributed by atoms with Crippen LogP contribution in [0.2, 0.25) is 0 Å². The molecule has 0 bridgehead atoms. The Kier molecular flexibility index (Phi) is 7.01. The van der Waals surface area contributed by atoms with Crippen LogP contribution in [0.5, 0.6) is 0 Å². The summed E-state index contributed by atoms with van der Waals surface area (Å²) >= 11 is 0. The van der Waals surface area contributed by atoms with Gasteiger partial charge in [0, 0.05) is 24.8 Å². The molecule has 2 aliphatic heterocycles. The highest BCUT2D eigenvalue weighted by atomic mass is 16.5. The Morgan fingerprint density at radius 3 is 2.32 bits per heavy atom. The number of carbonyl (C=O) groups is 1. The van der Waals surface area contributed by atoms with Crippen LogP contribution in [0, 0.1) is 34.5 Å². The number of quaternary nitrogens is 1. The van der Waals surface area contributed by atoms with Crippen LogP contribution in [0.4, 0.5) is 0 Å². The van der Waals surface area contributed by atoms with E-state index in [1.54, 1.807) is 6.92 Å². The van der Waals surface area contributed by atoms with Crippen LogP contribution in [0.3, 0.4) is 0 Å². The summed E-state index contributed by atoms with van der Waals surface area (Å²) in [5, 5.41) is 11.3. The van der Waals surface area contributed by atoms with Gasteiger partial charge in [0.15, 0.2) is 6.10 Å². The number of rotatable bonds is 3. The number of fused-ring (bicyclic) bond motifs is 5. The second kappa shape index (κ2) is 9.77. The Labute approximate surface area is 226 Å². The molecule has 0 radical (unpaired) electrons. The van der Waals surface area contributed by atoms with Crippen LogP contribution in [-0.4, -0.2) is 78.0 Å². The number of aliphatic hydroxyl groups is 1. The molecule has 6 rings (SSSR count). The monoisotopic (exact) mass is 515 g/mol. The maximum Gasteiger partial charge on any atom is 0.303 e. The minimum atomic E-state index is -0.144. The molecule has 4 saturated carbocycles. The van der Waals surface area contributed by atoms with Crippen molar-refractivity contribution in [3.63, 3.8) is 0 Å². The zero-order chi connectivity index (χ0) is 26.0. The number of carbonyl (C=O) groups excluding carboxylic acids is 1. The number of piperidine rings is 2. The van der Waals surface area contributed by atoms with Crippen LogP contribution in [0.1, 0.15) is 104 Å². The molecule has 0 spiro atoms. The van der Waals surface area contributed by atoms with Crippen molar-refractivity contribution in [3.05, 3.63) is 0 Å². The fourth-order valence-corrected chi connectivity index (χ4v) is 11.4. The normalized spacial score (nSPS) is 50.0. The van der Waals surface area contributed by atoms with E-state index in [9.17, 15) is 9.90 Å². The lowest BCUT2D eigenvalue weighted by Crippen LogP contribution is -2.61. The second-order valence-electron chi connectivity index (χ2n) is 15.2. The van der Waals surface area contributed by atoms with Gasteiger partial charge in [-0.25, -0.2) is 0 Å². The summed E-state index contributed by atoms with van der Waals surface area (Å²) in [6, 6.07) is 0.814. The maximum absolute atomic E-state index is 12.4. The van der Waals surface area contributed by atoms with Gasteiger partial charge in [-0.2, -0.15) is 0 Å². The third kappa shape index (κ3) is 4.32. The number of hydrogen-bond acceptors (Lipinski definition) is 4. The van der Waals surface area contributed by atoms with E-state index in [1.165, 1.54) is 103 Å². The first kappa shape index (κ1) is 26.6. The number of hydrogen-bond donors (Lipinski definition) is 1. The molecule has 1 N–H and O–H groups in total. The lowest BCUT2D eigenvalue weighted by Gasteiger charge is -2.62. The molecule has 0 unspecified atom stereocenters. The Hall–Kier alpha value is -0.650. The van der Waals surface area contributed by atoms with Crippen LogP contribution >= 0.6 is 0 Å². The Balaban J connectivity index is 1.28. The molecule has 210 valence electrons. The summed E-state index contributed by atoms with van der Waals surface area (Å²) in [5.41, 5.74) is 0.448. The molecular weight excluding hydrogens is 460 g/mol. The predicted molar refractivity (Wildman–Crippen MR) is 147 cm³/mol. The van der Waals surface area contributed by atoms with E-state index in [-0.39, 0.29) is 23.6 Å². The maximum atomic E-state index is 12.4. The van der Waals surface area contributed by atoms with Crippen LogP contribution in [0.15, 0.2) is 0 Å². The molecule has 5 nitrogen and oxygen atoms in total. The smallest absolute Gasteiger partial charge is 0.303 e. The summed E-state index contributed by atoms with van der Waals surface area (Å²) < 4.78 is 7.46. The zero-order valence-corrected chi connectivity index (χ0v) is 24.3. The molecule has 6 aliphatic rings. The Bertz CT molecular complexity index is 851. The van der Waals surface area contributed by atoms with Crippen molar-refractivity contribution in [2.75, 3.05) is 33.2 Å². The van der Waals surface area contributed by atoms with Crippen molar-refractivity contribution in [3.8, 4) is 0 Å². The molecule has 0 amide bonds. The molecule has 4 aliphatic carbocycles. The lowest BCUT2D eigenvalue weighted by atomic mass is 9.44. The average molecular weight is 516 g/mol. The van der Waals surface area contributed by atoms with Gasteiger partial charge in [-0.1, -0.05) is 20.3 Å². The van der Waals surface area contributed by atoms with Crippen molar-refractivity contribution >= 4 is 5.97 Å². The van der Waals surface area contributed by atoms with Crippen molar-refractivity contribution in [1.82, 2.24) is 4.90 Å². The predicted octanol–water partition coefficient (Wildman–Crippen LogP) is 5.40. The highest BCUT2D eigenvalue weighted by Crippen LogP contribution is 2.67. The molecule has 2 saturated heterocycles. The van der Waals surface area contributed by atoms with Gasteiger partial charge in [-0.15, -0.1) is 0 Å². The number of nitrogens with zero attached hydrogens (tertiary/aromatic N) is 2. The Morgan fingerprint density at radius 1 is 0.919 bits per heavy atom. The fraction of sp³-hybridized carbons (Fsp3) is 0.969. The average Bonchev–Trinajstić information content (AvgIpc) is 3.17. The molecule has 0 aromatic heterocycles. The topological polar surface area (TPSA) is 49.8 Å². The number of esters is 1. The Morgan fingerprint density at radius 2 is 1.62 bits per heavy atom. The number of likely N-dealkylation sites (tertiary alicyclic amines) is 2. The summed E-state index contributed by atoms with van der Waals surface area (Å²) in [5.74, 6) is 2.76. The van der Waals surface area contributed by atoms with E-state index >= 15 is 0 Å². The highest BCUT2D eigenvalue weighted by Gasteiger charge is 2.67. The summed E-state index contributed by atoms with van der Waals surface area (Å²) in [7, 11) is 2.47. The van der Waals surface area contributed by atoms with Gasteiger partial charge < -0.3 is 14.3 Å². The molecule has 10 atom stereocenters. The first-order valence-corrected chi connectivity index (χ1v) is 16.1. The van der Waals surface area contributed by atoms with Crippen molar-refractivity contribution in [2.45, 2.75) is 129 Å². The first-order valence-electron chi connectivity index (χ1n) is 16.1. The molecule has 37 heavy (non-hydrogen) atoms. The van der Waals surface area contributed by atoms with Crippen molar-refractivity contribution in [2.24, 2.45) is 34.5 Å². The lowest BCUT2D eigenvalue weighted by molar-refractivity contribution is -0.940. The zero-order valence-electron chi connectivity index (χ0n) is 24.3. The van der Waals surface area contributed by atoms with E-state index in [2.05, 4.69) is 25.8 Å². The van der Waals surface area contributed by atoms with E-state index in [4.69, 9.17) is 4.74 Å². The number of likely N-dealkylation sites (N-methyl/N-ethyl adjacent to an activating group) is 1. The number of ether oxygens (including phenoxy) is 1. The van der Waals surface area contributed by atoms with Crippen LogP contribution < -0.4 is 0 Å². The molecule has 6 fully saturated rings. The molecular formula is C32H55N2O3+. The van der Waals surface area contributed by atoms with Crippen molar-refractivity contribution < 1.29 is 19.1 Å². The molecule has 2 heterocycles. The van der Waals surface area contributed by atoms with E-state index in [0.717, 1.165) is 22.7 Å². The molecule has 5 heteroatoms. The minimum Gasteiger partial charge on any atom is -0.456 e. The van der Waals surface area contributed by atoms with Gasteiger partial charge in [0.25, 0.3) is 0 Å². The highest BCUT2D eigenvalue weighted by molar-refractivity contribution is 5.66. The first-order chi connectivity index (χ1) is 17.7. The third-order valence-corrected chi connectivity index (χ3v) is 13.4. The fourth-order valence-electron chi connectivity index (χ4n) is 11.4. The number of aliphatic hydroxyl groups excluding tert-OH is 1. The second-order valence-corrected chi connectivity index (χ2v) is 15.2. The van der Waals surface area contributed by atoms with Crippen LogP contribution in [-0.2, 0) is 9.53 Å². The molecule has 0 aromatic rings. The van der Waals surface area contributed by atoms with E-state index in [0.29, 0.717) is 29.3 Å². The van der Waals surface area contributed by atoms with Gasteiger partial charge >= 0.3 is 5.97 Å². The third-order valence-electron chi connectivity index (χ3n) is 13.4. The van der Waals surface area contributed by atoms with E-state index < -0.39 is 0 Å². The summed E-state index contributed by atoms with van der Waals surface area (Å²) in [4.78, 5) is 15.1.